The van der Waals surface area contributed by atoms with E-state index in [0.717, 1.165) is 19.3 Å². The summed E-state index contributed by atoms with van der Waals surface area (Å²) in [5, 5.41) is 10.7. The molecule has 0 amide bonds. The third-order valence-electron chi connectivity index (χ3n) is 4.30. The van der Waals surface area contributed by atoms with Crippen LogP contribution in [0, 0.1) is 0 Å². The summed E-state index contributed by atoms with van der Waals surface area (Å²) in [5.74, 6) is 0.252. The molecule has 1 nitrogen and oxygen atoms in total. The van der Waals surface area contributed by atoms with Crippen LogP contribution in [0.4, 0.5) is 0 Å². The van der Waals surface area contributed by atoms with E-state index in [1.54, 1.807) is 0 Å². The lowest BCUT2D eigenvalue weighted by molar-refractivity contribution is 0.0197. The maximum absolute atomic E-state index is 10.7. The minimum Gasteiger partial charge on any atom is -0.390 e. The van der Waals surface area contributed by atoms with Crippen molar-refractivity contribution in [1.82, 2.24) is 0 Å². The van der Waals surface area contributed by atoms with Gasteiger partial charge in [-0.1, -0.05) is 74.5 Å². The molecule has 0 aromatic heterocycles. The topological polar surface area (TPSA) is 20.2 Å². The normalized spacial score (nSPS) is 11.8. The molecule has 0 bridgehead atoms. The van der Waals surface area contributed by atoms with E-state index in [2.05, 4.69) is 62.4 Å². The molecule has 0 spiro atoms. The fraction of sp³-hybridized carbons (Fsp3) is 0.368. The average Bonchev–Trinajstić information content (AvgIpc) is 2.54. The molecule has 0 atom stereocenters. The quantitative estimate of drug-likeness (QED) is 0.801. The van der Waals surface area contributed by atoms with E-state index in [-0.39, 0.29) is 5.92 Å². The van der Waals surface area contributed by atoms with E-state index in [1.165, 1.54) is 11.1 Å². The molecule has 0 unspecified atom stereocenters. The summed E-state index contributed by atoms with van der Waals surface area (Å²) in [7, 11) is 0. The highest BCUT2D eigenvalue weighted by Gasteiger charge is 2.28. The van der Waals surface area contributed by atoms with Crippen LogP contribution in [0.2, 0.25) is 0 Å². The predicted octanol–water partition coefficient (Wildman–Crippen LogP) is 4.76. The number of rotatable bonds is 6. The van der Waals surface area contributed by atoms with Crippen LogP contribution >= 0.6 is 0 Å². The molecular weight excluding hydrogens is 244 g/mol. The van der Waals surface area contributed by atoms with Gasteiger partial charge in [-0.15, -0.1) is 0 Å². The zero-order valence-corrected chi connectivity index (χ0v) is 12.4. The van der Waals surface area contributed by atoms with Crippen molar-refractivity contribution in [2.75, 3.05) is 0 Å². The third-order valence-corrected chi connectivity index (χ3v) is 4.30. The van der Waals surface area contributed by atoms with Crippen LogP contribution in [0.25, 0.3) is 0 Å². The van der Waals surface area contributed by atoms with Crippen molar-refractivity contribution < 1.29 is 5.11 Å². The molecule has 0 heterocycles. The molecule has 0 radical (unpaired) electrons. The molecule has 0 saturated heterocycles. The summed E-state index contributed by atoms with van der Waals surface area (Å²) in [4.78, 5) is 0. The van der Waals surface area contributed by atoms with Crippen LogP contribution in [0.3, 0.4) is 0 Å². The highest BCUT2D eigenvalue weighted by Crippen LogP contribution is 2.35. The van der Waals surface area contributed by atoms with Gasteiger partial charge in [-0.25, -0.2) is 0 Å². The minimum atomic E-state index is -0.587. The van der Waals surface area contributed by atoms with Gasteiger partial charge in [0.25, 0.3) is 0 Å². The van der Waals surface area contributed by atoms with E-state index >= 15 is 0 Å². The monoisotopic (exact) mass is 268 g/mol. The summed E-state index contributed by atoms with van der Waals surface area (Å²) >= 11 is 0. The number of hydrogen-bond donors (Lipinski definition) is 1. The zero-order chi connectivity index (χ0) is 14.4. The van der Waals surface area contributed by atoms with Gasteiger partial charge in [0.1, 0.15) is 0 Å². The van der Waals surface area contributed by atoms with Gasteiger partial charge in [0.15, 0.2) is 0 Å². The first-order chi connectivity index (χ1) is 9.68. The van der Waals surface area contributed by atoms with Crippen molar-refractivity contribution >= 4 is 0 Å². The Hall–Kier alpha value is -1.60. The van der Waals surface area contributed by atoms with E-state index in [0.29, 0.717) is 0 Å². The first-order valence-electron chi connectivity index (χ1n) is 7.51. The first-order valence-corrected chi connectivity index (χ1v) is 7.51. The Labute approximate surface area is 122 Å². The van der Waals surface area contributed by atoms with Crippen LogP contribution in [0.5, 0.6) is 0 Å². The van der Waals surface area contributed by atoms with Crippen molar-refractivity contribution in [2.24, 2.45) is 0 Å². The van der Waals surface area contributed by atoms with Crippen LogP contribution in [-0.2, 0) is 0 Å². The van der Waals surface area contributed by atoms with Crippen molar-refractivity contribution in [3.05, 3.63) is 71.8 Å². The summed E-state index contributed by atoms with van der Waals surface area (Å²) in [5.41, 5.74) is 1.97. The minimum absolute atomic E-state index is 0.252. The molecule has 0 fully saturated rings. The Bertz CT molecular complexity index is 460. The second-order valence-electron chi connectivity index (χ2n) is 5.51. The average molecular weight is 268 g/mol. The standard InChI is InChI=1S/C19H24O/c1-3-19(20,4-2)15-18(16-11-7-5-8-12-16)17-13-9-6-10-14-17/h5-14,18,20H,3-4,15H2,1-2H3. The predicted molar refractivity (Wildman–Crippen MR) is 84.9 cm³/mol. The summed E-state index contributed by atoms with van der Waals surface area (Å²) < 4.78 is 0. The van der Waals surface area contributed by atoms with E-state index in [1.807, 2.05) is 12.1 Å². The highest BCUT2D eigenvalue weighted by atomic mass is 16.3. The summed E-state index contributed by atoms with van der Waals surface area (Å²) in [6.07, 6.45) is 2.35. The first kappa shape index (κ1) is 14.8. The molecule has 1 heteroatoms. The molecule has 2 aromatic rings. The summed E-state index contributed by atoms with van der Waals surface area (Å²) in [6.45, 7) is 4.13. The lowest BCUT2D eigenvalue weighted by Gasteiger charge is -2.31. The van der Waals surface area contributed by atoms with E-state index in [4.69, 9.17) is 0 Å². The Morgan fingerprint density at radius 2 is 1.20 bits per heavy atom. The van der Waals surface area contributed by atoms with Crippen molar-refractivity contribution in [2.45, 2.75) is 44.6 Å². The van der Waals surface area contributed by atoms with Crippen molar-refractivity contribution in [1.29, 1.82) is 0 Å². The van der Waals surface area contributed by atoms with Gasteiger partial charge < -0.3 is 5.11 Å². The number of aliphatic hydroxyl groups is 1. The smallest absolute Gasteiger partial charge is 0.0651 e. The van der Waals surface area contributed by atoms with Crippen molar-refractivity contribution in [3.63, 3.8) is 0 Å². The molecule has 0 aliphatic carbocycles. The number of hydrogen-bond acceptors (Lipinski definition) is 1. The van der Waals surface area contributed by atoms with Crippen LogP contribution in [0.15, 0.2) is 60.7 Å². The fourth-order valence-electron chi connectivity index (χ4n) is 2.72. The van der Waals surface area contributed by atoms with Gasteiger partial charge in [-0.3, -0.25) is 0 Å². The van der Waals surface area contributed by atoms with Gasteiger partial charge in [0.2, 0.25) is 0 Å². The van der Waals surface area contributed by atoms with Gasteiger partial charge in [-0.05, 0) is 30.4 Å². The molecule has 0 saturated carbocycles. The molecule has 2 rings (SSSR count). The van der Waals surface area contributed by atoms with Crippen LogP contribution < -0.4 is 0 Å². The van der Waals surface area contributed by atoms with E-state index < -0.39 is 5.60 Å². The number of benzene rings is 2. The molecule has 2 aromatic carbocycles. The summed E-state index contributed by atoms with van der Waals surface area (Å²) in [6, 6.07) is 21.0. The second kappa shape index (κ2) is 6.71. The van der Waals surface area contributed by atoms with Gasteiger partial charge in [0, 0.05) is 5.92 Å². The second-order valence-corrected chi connectivity index (χ2v) is 5.51. The Morgan fingerprint density at radius 1 is 0.800 bits per heavy atom. The van der Waals surface area contributed by atoms with E-state index in [9.17, 15) is 5.11 Å². The SMILES string of the molecule is CCC(O)(CC)CC(c1ccccc1)c1ccccc1. The van der Waals surface area contributed by atoms with Gasteiger partial charge in [0.05, 0.1) is 5.60 Å². The van der Waals surface area contributed by atoms with Gasteiger partial charge in [-0.2, -0.15) is 0 Å². The largest absolute Gasteiger partial charge is 0.390 e. The molecular formula is C19H24O. The fourth-order valence-corrected chi connectivity index (χ4v) is 2.72. The molecule has 1 N–H and O–H groups in total. The lowest BCUT2D eigenvalue weighted by Crippen LogP contribution is -2.29. The molecule has 106 valence electrons. The molecule has 20 heavy (non-hydrogen) atoms. The maximum atomic E-state index is 10.7. The Kier molecular flexibility index (Phi) is 4.97. The molecule has 0 aliphatic rings. The zero-order valence-electron chi connectivity index (χ0n) is 12.4. The van der Waals surface area contributed by atoms with Crippen LogP contribution in [0.1, 0.15) is 50.2 Å². The van der Waals surface area contributed by atoms with Crippen LogP contribution in [-0.4, -0.2) is 10.7 Å². The van der Waals surface area contributed by atoms with Crippen molar-refractivity contribution in [3.8, 4) is 0 Å². The Balaban J connectivity index is 2.35. The maximum Gasteiger partial charge on any atom is 0.0651 e. The Morgan fingerprint density at radius 3 is 1.55 bits per heavy atom. The molecule has 0 aliphatic heterocycles. The lowest BCUT2D eigenvalue weighted by atomic mass is 9.79. The van der Waals surface area contributed by atoms with Gasteiger partial charge >= 0.3 is 0 Å². The highest BCUT2D eigenvalue weighted by molar-refractivity contribution is 5.32. The third kappa shape index (κ3) is 3.49.